The van der Waals surface area contributed by atoms with Crippen LogP contribution < -0.4 is 24.4 Å². The highest BCUT2D eigenvalue weighted by atomic mass is 32.1. The molecule has 43 heavy (non-hydrogen) atoms. The number of methoxy groups -OCH3 is 2. The summed E-state index contributed by atoms with van der Waals surface area (Å²) in [7, 11) is 3.06. The van der Waals surface area contributed by atoms with Gasteiger partial charge in [0.05, 0.1) is 48.8 Å². The average Bonchev–Trinajstić information content (AvgIpc) is 3.60. The molecular weight excluding hydrogens is 572 g/mol. The van der Waals surface area contributed by atoms with E-state index in [2.05, 4.69) is 4.99 Å². The fourth-order valence-corrected chi connectivity index (χ4v) is 5.86. The van der Waals surface area contributed by atoms with Gasteiger partial charge in [0.2, 0.25) is 0 Å². The molecule has 2 aromatic carbocycles. The van der Waals surface area contributed by atoms with Crippen LogP contribution in [0.3, 0.4) is 0 Å². The molecule has 1 atom stereocenters. The summed E-state index contributed by atoms with van der Waals surface area (Å²) in [5.74, 6) is 1.07. The standard InChI is InChI=1S/C32H30N2O8S/c1-6-40-30(36)20-10-8-19(9-11-20)24-15-13-22(42-24)17-26-29(35)34-28(23-14-12-21(38-4)16-25(23)39-5)27(31(37)41-7-2)18(3)33-32(34)43-26/h8-17,28H,6-7H2,1-5H3. The molecule has 10 nitrogen and oxygen atoms in total. The highest BCUT2D eigenvalue weighted by molar-refractivity contribution is 7.07. The Hall–Kier alpha value is -4.90. The molecule has 0 saturated heterocycles. The van der Waals surface area contributed by atoms with Gasteiger partial charge in [-0.25, -0.2) is 14.6 Å². The summed E-state index contributed by atoms with van der Waals surface area (Å²) >= 11 is 1.19. The normalized spacial score (nSPS) is 14.6. The van der Waals surface area contributed by atoms with Gasteiger partial charge in [-0.2, -0.15) is 0 Å². The van der Waals surface area contributed by atoms with Crippen LogP contribution in [0.4, 0.5) is 0 Å². The Morgan fingerprint density at radius 1 is 0.977 bits per heavy atom. The van der Waals surface area contributed by atoms with Crippen molar-refractivity contribution in [2.24, 2.45) is 4.99 Å². The summed E-state index contributed by atoms with van der Waals surface area (Å²) in [6.07, 6.45) is 1.64. The molecule has 1 unspecified atom stereocenters. The molecule has 11 heteroatoms. The van der Waals surface area contributed by atoms with Gasteiger partial charge in [0, 0.05) is 23.3 Å². The van der Waals surface area contributed by atoms with Crippen LogP contribution in [0.2, 0.25) is 0 Å². The minimum atomic E-state index is -0.844. The summed E-state index contributed by atoms with van der Waals surface area (Å²) in [6.45, 7) is 5.66. The molecule has 222 valence electrons. The SMILES string of the molecule is CCOC(=O)C1=C(C)N=c2sc(=Cc3ccc(-c4ccc(C(=O)OCC)cc4)o3)c(=O)n2C1c1ccc(OC)cc1OC. The second-order valence-electron chi connectivity index (χ2n) is 9.41. The predicted octanol–water partition coefficient (Wildman–Crippen LogP) is 4.25. The van der Waals surface area contributed by atoms with Gasteiger partial charge in [-0.05, 0) is 57.2 Å². The van der Waals surface area contributed by atoms with E-state index in [0.717, 1.165) is 5.56 Å². The van der Waals surface area contributed by atoms with Gasteiger partial charge in [0.25, 0.3) is 5.56 Å². The lowest BCUT2D eigenvalue weighted by molar-refractivity contribution is -0.139. The van der Waals surface area contributed by atoms with Crippen LogP contribution in [0.15, 0.2) is 80.1 Å². The van der Waals surface area contributed by atoms with Gasteiger partial charge in [0.1, 0.15) is 29.1 Å². The van der Waals surface area contributed by atoms with Gasteiger partial charge in [-0.15, -0.1) is 0 Å². The third kappa shape index (κ3) is 5.76. The molecule has 0 amide bonds. The van der Waals surface area contributed by atoms with Crippen molar-refractivity contribution in [2.45, 2.75) is 26.8 Å². The van der Waals surface area contributed by atoms with Crippen molar-refractivity contribution in [1.82, 2.24) is 4.57 Å². The number of carbonyl (C=O) groups is 2. The van der Waals surface area contributed by atoms with E-state index < -0.39 is 18.0 Å². The average molecular weight is 603 g/mol. The lowest BCUT2D eigenvalue weighted by Crippen LogP contribution is -2.40. The number of fused-ring (bicyclic) bond motifs is 1. The number of furan rings is 1. The number of aromatic nitrogens is 1. The summed E-state index contributed by atoms with van der Waals surface area (Å²) in [5.41, 5.74) is 2.13. The zero-order valence-corrected chi connectivity index (χ0v) is 25.2. The van der Waals surface area contributed by atoms with E-state index in [-0.39, 0.29) is 17.7 Å². The van der Waals surface area contributed by atoms with Gasteiger partial charge in [0.15, 0.2) is 4.80 Å². The lowest BCUT2D eigenvalue weighted by atomic mass is 9.95. The molecular formula is C32H30N2O8S. The zero-order valence-electron chi connectivity index (χ0n) is 24.3. The molecule has 5 rings (SSSR count). The number of nitrogens with zero attached hydrogens (tertiary/aromatic N) is 2. The summed E-state index contributed by atoms with van der Waals surface area (Å²) in [6, 6.07) is 14.8. The first-order chi connectivity index (χ1) is 20.8. The maximum atomic E-state index is 13.9. The monoisotopic (exact) mass is 602 g/mol. The Morgan fingerprint density at radius 2 is 1.70 bits per heavy atom. The Bertz CT molecular complexity index is 1900. The quantitative estimate of drug-likeness (QED) is 0.261. The van der Waals surface area contributed by atoms with E-state index in [1.807, 2.05) is 0 Å². The Morgan fingerprint density at radius 3 is 2.37 bits per heavy atom. The highest BCUT2D eigenvalue weighted by Gasteiger charge is 2.35. The number of rotatable bonds is 9. The molecule has 2 aromatic heterocycles. The van der Waals surface area contributed by atoms with Crippen LogP contribution in [0, 0.1) is 0 Å². The van der Waals surface area contributed by atoms with Crippen LogP contribution >= 0.6 is 11.3 Å². The van der Waals surface area contributed by atoms with E-state index in [4.69, 9.17) is 23.4 Å². The maximum Gasteiger partial charge on any atom is 0.338 e. The minimum Gasteiger partial charge on any atom is -0.497 e. The van der Waals surface area contributed by atoms with E-state index >= 15 is 0 Å². The highest BCUT2D eigenvalue weighted by Crippen LogP contribution is 2.37. The second-order valence-corrected chi connectivity index (χ2v) is 10.4. The van der Waals surface area contributed by atoms with Crippen molar-refractivity contribution in [1.29, 1.82) is 0 Å². The van der Waals surface area contributed by atoms with Crippen molar-refractivity contribution >= 4 is 29.4 Å². The van der Waals surface area contributed by atoms with Gasteiger partial charge in [-0.3, -0.25) is 9.36 Å². The van der Waals surface area contributed by atoms with Crippen LogP contribution in [0.1, 0.15) is 48.5 Å². The molecule has 0 fully saturated rings. The second kappa shape index (κ2) is 12.5. The van der Waals surface area contributed by atoms with E-state index in [0.29, 0.717) is 55.8 Å². The number of benzene rings is 2. The maximum absolute atomic E-state index is 13.9. The van der Waals surface area contributed by atoms with Crippen LogP contribution in [-0.4, -0.2) is 43.9 Å². The predicted molar refractivity (Wildman–Crippen MR) is 160 cm³/mol. The number of hydrogen-bond donors (Lipinski definition) is 0. The molecule has 3 heterocycles. The third-order valence-electron chi connectivity index (χ3n) is 6.83. The first kappa shape index (κ1) is 29.6. The van der Waals surface area contributed by atoms with Gasteiger partial charge < -0.3 is 23.4 Å². The van der Waals surface area contributed by atoms with Crippen molar-refractivity contribution in [3.8, 4) is 22.8 Å². The van der Waals surface area contributed by atoms with Crippen molar-refractivity contribution in [3.05, 3.63) is 102 Å². The fourth-order valence-electron chi connectivity index (χ4n) is 4.83. The molecule has 1 aliphatic rings. The smallest absolute Gasteiger partial charge is 0.338 e. The van der Waals surface area contributed by atoms with E-state index in [1.165, 1.54) is 23.0 Å². The van der Waals surface area contributed by atoms with Crippen LogP contribution in [0.5, 0.6) is 11.5 Å². The number of esters is 2. The van der Waals surface area contributed by atoms with Crippen LogP contribution in [-0.2, 0) is 14.3 Å². The van der Waals surface area contributed by atoms with Crippen molar-refractivity contribution < 1.29 is 33.0 Å². The first-order valence-corrected chi connectivity index (χ1v) is 14.4. The zero-order chi connectivity index (χ0) is 30.7. The topological polar surface area (TPSA) is 119 Å². The van der Waals surface area contributed by atoms with Gasteiger partial charge in [-0.1, -0.05) is 23.5 Å². The molecule has 0 saturated carbocycles. The number of thiazole rings is 1. The number of allylic oxidation sites excluding steroid dienone is 1. The largest absolute Gasteiger partial charge is 0.497 e. The minimum absolute atomic E-state index is 0.166. The molecule has 0 radical (unpaired) electrons. The first-order valence-electron chi connectivity index (χ1n) is 13.6. The van der Waals surface area contributed by atoms with Crippen molar-refractivity contribution in [3.63, 3.8) is 0 Å². The van der Waals surface area contributed by atoms with Crippen molar-refractivity contribution in [2.75, 3.05) is 27.4 Å². The summed E-state index contributed by atoms with van der Waals surface area (Å²) in [4.78, 5) is 44.2. The fraction of sp³-hybridized carbons (Fsp3) is 0.250. The number of ether oxygens (including phenoxy) is 4. The Balaban J connectivity index is 1.58. The Kier molecular flexibility index (Phi) is 8.63. The Labute approximate surface area is 251 Å². The van der Waals surface area contributed by atoms with E-state index in [9.17, 15) is 14.4 Å². The van der Waals surface area contributed by atoms with E-state index in [1.54, 1.807) is 88.6 Å². The van der Waals surface area contributed by atoms with Crippen LogP contribution in [0.25, 0.3) is 17.4 Å². The summed E-state index contributed by atoms with van der Waals surface area (Å²) < 4.78 is 29.3. The molecule has 0 N–H and O–H groups in total. The molecule has 0 aliphatic carbocycles. The van der Waals surface area contributed by atoms with Gasteiger partial charge >= 0.3 is 11.9 Å². The summed E-state index contributed by atoms with van der Waals surface area (Å²) in [5, 5.41) is 0. The molecule has 1 aliphatic heterocycles. The molecule has 0 bridgehead atoms. The lowest BCUT2D eigenvalue weighted by Gasteiger charge is -2.26. The number of hydrogen-bond acceptors (Lipinski definition) is 10. The molecule has 0 spiro atoms. The number of carbonyl (C=O) groups excluding carboxylic acids is 2. The molecule has 4 aromatic rings. The third-order valence-corrected chi connectivity index (χ3v) is 7.82.